The molecule has 86 valence electrons. The highest BCUT2D eigenvalue weighted by Gasteiger charge is 2.34. The number of rotatable bonds is 3. The molecule has 1 aliphatic carbocycles. The normalized spacial score (nSPS) is 18.4. The van der Waals surface area contributed by atoms with Crippen LogP contribution in [0.1, 0.15) is 31.2 Å². The fraction of sp³-hybridized carbons (Fsp3) is 0.467. The van der Waals surface area contributed by atoms with Gasteiger partial charge in [0, 0.05) is 25.2 Å². The standard InChI is InChI=1S/C15H21N/c1-4-15(11-7-8-12-15)13-9-5-6-10-14(13)16(2)3/h4-6,9-10H,1,7-8,11-12H2,2-3H3. The van der Waals surface area contributed by atoms with Crippen molar-refractivity contribution < 1.29 is 0 Å². The van der Waals surface area contributed by atoms with Crippen LogP contribution in [0.5, 0.6) is 0 Å². The smallest absolute Gasteiger partial charge is 0.0402 e. The highest BCUT2D eigenvalue weighted by molar-refractivity contribution is 5.57. The third kappa shape index (κ3) is 1.75. The summed E-state index contributed by atoms with van der Waals surface area (Å²) in [5.74, 6) is 0. The van der Waals surface area contributed by atoms with Gasteiger partial charge in [-0.25, -0.2) is 0 Å². The zero-order valence-electron chi connectivity index (χ0n) is 10.4. The van der Waals surface area contributed by atoms with Crippen molar-refractivity contribution in [1.29, 1.82) is 0 Å². The summed E-state index contributed by atoms with van der Waals surface area (Å²) in [6, 6.07) is 8.73. The van der Waals surface area contributed by atoms with Gasteiger partial charge in [-0.15, -0.1) is 6.58 Å². The SMILES string of the molecule is C=CC1(c2ccccc2N(C)C)CCCC1. The summed E-state index contributed by atoms with van der Waals surface area (Å²) < 4.78 is 0. The van der Waals surface area contributed by atoms with Gasteiger partial charge in [-0.1, -0.05) is 37.1 Å². The Kier molecular flexibility index (Phi) is 3.04. The first-order valence-corrected chi connectivity index (χ1v) is 6.10. The van der Waals surface area contributed by atoms with Crippen molar-refractivity contribution in [3.63, 3.8) is 0 Å². The van der Waals surface area contributed by atoms with E-state index in [1.165, 1.54) is 36.9 Å². The minimum Gasteiger partial charge on any atom is -0.377 e. The molecule has 2 rings (SSSR count). The van der Waals surface area contributed by atoms with E-state index in [2.05, 4.69) is 55.9 Å². The van der Waals surface area contributed by atoms with E-state index in [0.717, 1.165) is 0 Å². The zero-order chi connectivity index (χ0) is 11.6. The second kappa shape index (κ2) is 4.32. The van der Waals surface area contributed by atoms with Gasteiger partial charge in [0.15, 0.2) is 0 Å². The summed E-state index contributed by atoms with van der Waals surface area (Å²) >= 11 is 0. The lowest BCUT2D eigenvalue weighted by atomic mass is 9.78. The van der Waals surface area contributed by atoms with Gasteiger partial charge in [0.05, 0.1) is 0 Å². The van der Waals surface area contributed by atoms with E-state index in [4.69, 9.17) is 0 Å². The molecule has 1 aromatic rings. The van der Waals surface area contributed by atoms with E-state index in [-0.39, 0.29) is 5.41 Å². The Morgan fingerprint density at radius 2 is 1.81 bits per heavy atom. The van der Waals surface area contributed by atoms with Crippen molar-refractivity contribution in [2.75, 3.05) is 19.0 Å². The molecule has 0 spiro atoms. The molecular weight excluding hydrogens is 194 g/mol. The number of nitrogens with zero attached hydrogens (tertiary/aromatic N) is 1. The summed E-state index contributed by atoms with van der Waals surface area (Å²) in [6.45, 7) is 4.07. The molecule has 1 aromatic carbocycles. The highest BCUT2D eigenvalue weighted by atomic mass is 15.1. The lowest BCUT2D eigenvalue weighted by molar-refractivity contribution is 0.559. The zero-order valence-corrected chi connectivity index (χ0v) is 10.4. The largest absolute Gasteiger partial charge is 0.377 e. The first-order valence-electron chi connectivity index (χ1n) is 6.10. The first-order chi connectivity index (χ1) is 7.69. The molecule has 0 atom stereocenters. The lowest BCUT2D eigenvalue weighted by Gasteiger charge is -2.30. The molecule has 0 heterocycles. The molecule has 16 heavy (non-hydrogen) atoms. The molecule has 0 aromatic heterocycles. The Balaban J connectivity index is 2.49. The van der Waals surface area contributed by atoms with Gasteiger partial charge in [0.25, 0.3) is 0 Å². The van der Waals surface area contributed by atoms with Crippen LogP contribution in [-0.4, -0.2) is 14.1 Å². The molecule has 0 saturated heterocycles. The number of hydrogen-bond acceptors (Lipinski definition) is 1. The van der Waals surface area contributed by atoms with Crippen LogP contribution in [0.15, 0.2) is 36.9 Å². The van der Waals surface area contributed by atoms with Gasteiger partial charge in [0.1, 0.15) is 0 Å². The summed E-state index contributed by atoms with van der Waals surface area (Å²) in [5, 5.41) is 0. The van der Waals surface area contributed by atoms with Crippen molar-refractivity contribution in [2.45, 2.75) is 31.1 Å². The van der Waals surface area contributed by atoms with E-state index >= 15 is 0 Å². The maximum Gasteiger partial charge on any atom is 0.0402 e. The van der Waals surface area contributed by atoms with E-state index in [9.17, 15) is 0 Å². The molecular formula is C15H21N. The van der Waals surface area contributed by atoms with E-state index in [1.54, 1.807) is 0 Å². The van der Waals surface area contributed by atoms with Crippen molar-refractivity contribution in [1.82, 2.24) is 0 Å². The molecule has 0 unspecified atom stereocenters. The monoisotopic (exact) mass is 215 g/mol. The van der Waals surface area contributed by atoms with E-state index in [0.29, 0.717) is 0 Å². The molecule has 0 aliphatic heterocycles. The molecule has 0 radical (unpaired) electrons. The molecule has 0 N–H and O–H groups in total. The second-order valence-corrected chi connectivity index (χ2v) is 4.98. The Morgan fingerprint density at radius 1 is 1.19 bits per heavy atom. The van der Waals surface area contributed by atoms with Gasteiger partial charge < -0.3 is 4.90 Å². The van der Waals surface area contributed by atoms with Crippen LogP contribution >= 0.6 is 0 Å². The van der Waals surface area contributed by atoms with E-state index < -0.39 is 0 Å². The third-order valence-electron chi connectivity index (χ3n) is 3.81. The number of hydrogen-bond donors (Lipinski definition) is 0. The van der Waals surface area contributed by atoms with Gasteiger partial charge >= 0.3 is 0 Å². The Bertz CT molecular complexity index is 373. The predicted molar refractivity (Wildman–Crippen MR) is 71.1 cm³/mol. The Morgan fingerprint density at radius 3 is 2.38 bits per heavy atom. The van der Waals surface area contributed by atoms with Crippen LogP contribution in [0.2, 0.25) is 0 Å². The number of anilines is 1. The van der Waals surface area contributed by atoms with Gasteiger partial charge in [-0.3, -0.25) is 0 Å². The van der Waals surface area contributed by atoms with Crippen LogP contribution in [-0.2, 0) is 5.41 Å². The number of benzene rings is 1. The highest BCUT2D eigenvalue weighted by Crippen LogP contribution is 2.45. The predicted octanol–water partition coefficient (Wildman–Crippen LogP) is 3.75. The Hall–Kier alpha value is -1.24. The average molecular weight is 215 g/mol. The van der Waals surface area contributed by atoms with Crippen molar-refractivity contribution >= 4 is 5.69 Å². The molecule has 0 amide bonds. The summed E-state index contributed by atoms with van der Waals surface area (Å²) in [4.78, 5) is 2.21. The fourth-order valence-electron chi connectivity index (χ4n) is 2.87. The minimum atomic E-state index is 0.223. The summed E-state index contributed by atoms with van der Waals surface area (Å²) in [5.41, 5.74) is 3.01. The lowest BCUT2D eigenvalue weighted by Crippen LogP contribution is -2.23. The molecule has 1 heteroatoms. The summed E-state index contributed by atoms with van der Waals surface area (Å²) in [6.07, 6.45) is 7.33. The van der Waals surface area contributed by atoms with E-state index in [1.807, 2.05) is 0 Å². The fourth-order valence-corrected chi connectivity index (χ4v) is 2.87. The average Bonchev–Trinajstić information content (AvgIpc) is 2.78. The molecule has 1 saturated carbocycles. The molecule has 1 aliphatic rings. The van der Waals surface area contributed by atoms with Crippen LogP contribution in [0, 0.1) is 0 Å². The minimum absolute atomic E-state index is 0.223. The Labute approximate surface area is 98.8 Å². The van der Waals surface area contributed by atoms with Gasteiger partial charge in [0.2, 0.25) is 0 Å². The van der Waals surface area contributed by atoms with Gasteiger partial charge in [-0.2, -0.15) is 0 Å². The van der Waals surface area contributed by atoms with Crippen LogP contribution in [0.4, 0.5) is 5.69 Å². The van der Waals surface area contributed by atoms with Crippen LogP contribution < -0.4 is 4.90 Å². The quantitative estimate of drug-likeness (QED) is 0.694. The maximum atomic E-state index is 4.07. The van der Waals surface area contributed by atoms with Crippen molar-refractivity contribution in [2.24, 2.45) is 0 Å². The molecule has 0 bridgehead atoms. The molecule has 1 fully saturated rings. The summed E-state index contributed by atoms with van der Waals surface area (Å²) in [7, 11) is 4.23. The topological polar surface area (TPSA) is 3.24 Å². The van der Waals surface area contributed by atoms with Crippen molar-refractivity contribution in [3.8, 4) is 0 Å². The number of para-hydroxylation sites is 1. The molecule has 1 nitrogen and oxygen atoms in total. The van der Waals surface area contributed by atoms with Gasteiger partial charge in [-0.05, 0) is 24.5 Å². The maximum absolute atomic E-state index is 4.07. The first kappa shape index (κ1) is 11.3. The third-order valence-corrected chi connectivity index (χ3v) is 3.81. The second-order valence-electron chi connectivity index (χ2n) is 4.98. The van der Waals surface area contributed by atoms with Crippen LogP contribution in [0.25, 0.3) is 0 Å². The number of allylic oxidation sites excluding steroid dienone is 1. The van der Waals surface area contributed by atoms with Crippen LogP contribution in [0.3, 0.4) is 0 Å². The van der Waals surface area contributed by atoms with Crippen molar-refractivity contribution in [3.05, 3.63) is 42.5 Å².